The van der Waals surface area contributed by atoms with Gasteiger partial charge in [0.15, 0.2) is 0 Å². The Morgan fingerprint density at radius 3 is 2.22 bits per heavy atom. The number of aryl methyl sites for hydroxylation is 1. The van der Waals surface area contributed by atoms with Crippen molar-refractivity contribution < 1.29 is 18.3 Å². The first-order chi connectivity index (χ1) is 8.40. The summed E-state index contributed by atoms with van der Waals surface area (Å²) in [5, 5.41) is 8.84. The minimum Gasteiger partial charge on any atom is -0.480 e. The number of carboxylic acids is 1. The van der Waals surface area contributed by atoms with Crippen LogP contribution in [0.15, 0.2) is 29.2 Å². The van der Waals surface area contributed by atoms with Crippen molar-refractivity contribution >= 4 is 16.0 Å². The molecule has 5 nitrogen and oxygen atoms in total. The Kier molecular flexibility index (Phi) is 4.86. The van der Waals surface area contributed by atoms with E-state index in [2.05, 4.69) is 4.72 Å². The number of benzene rings is 1. The van der Waals surface area contributed by atoms with Crippen LogP contribution in [0, 0.1) is 0 Å². The monoisotopic (exact) mass is 271 g/mol. The van der Waals surface area contributed by atoms with Crippen LogP contribution >= 0.6 is 0 Å². The van der Waals surface area contributed by atoms with Crippen molar-refractivity contribution in [1.82, 2.24) is 4.72 Å². The van der Waals surface area contributed by atoms with E-state index in [1.165, 1.54) is 12.1 Å². The van der Waals surface area contributed by atoms with E-state index >= 15 is 0 Å². The third-order valence-electron chi connectivity index (χ3n) is 2.65. The van der Waals surface area contributed by atoms with Crippen LogP contribution in [0.4, 0.5) is 0 Å². The third-order valence-corrected chi connectivity index (χ3v) is 4.13. The average Bonchev–Trinajstić information content (AvgIpc) is 2.35. The van der Waals surface area contributed by atoms with Crippen molar-refractivity contribution in [3.05, 3.63) is 29.8 Å². The number of nitrogens with one attached hydrogen (secondary N) is 1. The molecule has 1 atom stereocenters. The first kappa shape index (κ1) is 14.7. The van der Waals surface area contributed by atoms with Crippen molar-refractivity contribution in [1.29, 1.82) is 0 Å². The van der Waals surface area contributed by atoms with E-state index in [4.69, 9.17) is 5.11 Å². The molecule has 0 bridgehead atoms. The molecule has 18 heavy (non-hydrogen) atoms. The molecular weight excluding hydrogens is 254 g/mol. The number of carbonyl (C=O) groups is 1. The maximum Gasteiger partial charge on any atom is 0.321 e. The molecule has 0 saturated heterocycles. The molecule has 0 aliphatic rings. The predicted molar refractivity (Wildman–Crippen MR) is 67.9 cm³/mol. The Labute approximate surface area is 107 Å². The summed E-state index contributed by atoms with van der Waals surface area (Å²) >= 11 is 0. The van der Waals surface area contributed by atoms with Gasteiger partial charge in [0.1, 0.15) is 6.04 Å². The highest BCUT2D eigenvalue weighted by atomic mass is 32.2. The van der Waals surface area contributed by atoms with Gasteiger partial charge in [-0.2, -0.15) is 4.72 Å². The SMILES string of the molecule is CCc1ccc(S(=O)(=O)N[C@H](CC)C(=O)O)cc1. The van der Waals surface area contributed by atoms with E-state index in [1.54, 1.807) is 19.1 Å². The number of rotatable bonds is 6. The fourth-order valence-corrected chi connectivity index (χ4v) is 2.74. The van der Waals surface area contributed by atoms with Crippen LogP contribution in [0.1, 0.15) is 25.8 Å². The number of aliphatic carboxylic acids is 1. The van der Waals surface area contributed by atoms with Gasteiger partial charge in [-0.15, -0.1) is 0 Å². The lowest BCUT2D eigenvalue weighted by Crippen LogP contribution is -2.40. The number of carboxylic acid groups (broad SMARTS) is 1. The third kappa shape index (κ3) is 3.54. The van der Waals surface area contributed by atoms with E-state index in [9.17, 15) is 13.2 Å². The summed E-state index contributed by atoms with van der Waals surface area (Å²) in [5.74, 6) is -1.17. The van der Waals surface area contributed by atoms with Gasteiger partial charge in [0.25, 0.3) is 0 Å². The summed E-state index contributed by atoms with van der Waals surface area (Å²) < 4.78 is 26.0. The zero-order valence-corrected chi connectivity index (χ0v) is 11.2. The fourth-order valence-electron chi connectivity index (χ4n) is 1.47. The second kappa shape index (κ2) is 5.97. The number of sulfonamides is 1. The molecule has 0 heterocycles. The Balaban J connectivity index is 2.95. The van der Waals surface area contributed by atoms with E-state index in [0.717, 1.165) is 12.0 Å². The average molecular weight is 271 g/mol. The van der Waals surface area contributed by atoms with Crippen molar-refractivity contribution in [2.75, 3.05) is 0 Å². The molecule has 0 amide bonds. The predicted octanol–water partition coefficient (Wildman–Crippen LogP) is 1.39. The Morgan fingerprint density at radius 1 is 1.28 bits per heavy atom. The molecule has 0 saturated carbocycles. The van der Waals surface area contributed by atoms with Crippen LogP contribution in [-0.2, 0) is 21.2 Å². The highest BCUT2D eigenvalue weighted by Crippen LogP contribution is 2.12. The molecule has 0 radical (unpaired) electrons. The summed E-state index contributed by atoms with van der Waals surface area (Å²) in [7, 11) is -3.77. The van der Waals surface area contributed by atoms with Crippen molar-refractivity contribution in [2.24, 2.45) is 0 Å². The molecule has 0 fully saturated rings. The van der Waals surface area contributed by atoms with Gasteiger partial charge < -0.3 is 5.11 Å². The molecule has 0 unspecified atom stereocenters. The summed E-state index contributed by atoms with van der Waals surface area (Å²) in [4.78, 5) is 10.9. The normalized spacial score (nSPS) is 13.2. The Morgan fingerprint density at radius 2 is 1.83 bits per heavy atom. The lowest BCUT2D eigenvalue weighted by atomic mass is 10.2. The molecule has 1 rings (SSSR count). The first-order valence-electron chi connectivity index (χ1n) is 5.74. The molecule has 1 aromatic rings. The molecule has 0 aromatic heterocycles. The van der Waals surface area contributed by atoms with Crippen molar-refractivity contribution in [3.8, 4) is 0 Å². The summed E-state index contributed by atoms with van der Waals surface area (Å²) in [6.07, 6.45) is 1.02. The van der Waals surface area contributed by atoms with E-state index in [1.807, 2.05) is 6.92 Å². The topological polar surface area (TPSA) is 83.5 Å². The zero-order valence-electron chi connectivity index (χ0n) is 10.4. The molecule has 0 aliphatic carbocycles. The molecule has 0 aliphatic heterocycles. The minimum absolute atomic E-state index is 0.0828. The largest absolute Gasteiger partial charge is 0.480 e. The summed E-state index contributed by atoms with van der Waals surface area (Å²) in [6, 6.07) is 5.30. The maximum atomic E-state index is 11.9. The molecule has 100 valence electrons. The fraction of sp³-hybridized carbons (Fsp3) is 0.417. The lowest BCUT2D eigenvalue weighted by molar-refractivity contribution is -0.139. The molecule has 0 spiro atoms. The van der Waals surface area contributed by atoms with Gasteiger partial charge in [0, 0.05) is 0 Å². The Hall–Kier alpha value is -1.40. The maximum absolute atomic E-state index is 11.9. The quantitative estimate of drug-likeness (QED) is 0.819. The van der Waals surface area contributed by atoms with Crippen LogP contribution < -0.4 is 4.72 Å². The molecular formula is C12H17NO4S. The molecule has 1 aromatic carbocycles. The highest BCUT2D eigenvalue weighted by molar-refractivity contribution is 7.89. The van der Waals surface area contributed by atoms with Gasteiger partial charge in [0.05, 0.1) is 4.90 Å². The number of hydrogen-bond acceptors (Lipinski definition) is 3. The lowest BCUT2D eigenvalue weighted by Gasteiger charge is -2.12. The van der Waals surface area contributed by atoms with Gasteiger partial charge in [0.2, 0.25) is 10.0 Å². The zero-order chi connectivity index (χ0) is 13.8. The van der Waals surface area contributed by atoms with E-state index < -0.39 is 22.0 Å². The van der Waals surface area contributed by atoms with Crippen LogP contribution in [-0.4, -0.2) is 25.5 Å². The number of hydrogen-bond donors (Lipinski definition) is 2. The standard InChI is InChI=1S/C12H17NO4S/c1-3-9-5-7-10(8-6-9)18(16,17)13-11(4-2)12(14)15/h5-8,11,13H,3-4H2,1-2H3,(H,14,15)/t11-/m1/s1. The van der Waals surface area contributed by atoms with Crippen LogP contribution in [0.2, 0.25) is 0 Å². The van der Waals surface area contributed by atoms with Crippen molar-refractivity contribution in [3.63, 3.8) is 0 Å². The second-order valence-electron chi connectivity index (χ2n) is 3.92. The highest BCUT2D eigenvalue weighted by Gasteiger charge is 2.23. The van der Waals surface area contributed by atoms with E-state index in [-0.39, 0.29) is 11.3 Å². The van der Waals surface area contributed by atoms with Gasteiger partial charge in [-0.1, -0.05) is 26.0 Å². The van der Waals surface area contributed by atoms with Gasteiger partial charge in [-0.25, -0.2) is 8.42 Å². The molecule has 2 N–H and O–H groups in total. The van der Waals surface area contributed by atoms with Gasteiger partial charge in [-0.3, -0.25) is 4.79 Å². The van der Waals surface area contributed by atoms with Crippen LogP contribution in [0.5, 0.6) is 0 Å². The van der Waals surface area contributed by atoms with Crippen LogP contribution in [0.25, 0.3) is 0 Å². The Bertz CT molecular complexity index is 507. The van der Waals surface area contributed by atoms with Crippen molar-refractivity contribution in [2.45, 2.75) is 37.6 Å². The molecule has 6 heteroatoms. The van der Waals surface area contributed by atoms with E-state index in [0.29, 0.717) is 0 Å². The van der Waals surface area contributed by atoms with Crippen LogP contribution in [0.3, 0.4) is 0 Å². The minimum atomic E-state index is -3.77. The first-order valence-corrected chi connectivity index (χ1v) is 7.23. The van der Waals surface area contributed by atoms with Gasteiger partial charge >= 0.3 is 5.97 Å². The second-order valence-corrected chi connectivity index (χ2v) is 5.63. The summed E-state index contributed by atoms with van der Waals surface area (Å²) in [5.41, 5.74) is 1.03. The summed E-state index contributed by atoms with van der Waals surface area (Å²) in [6.45, 7) is 3.58. The smallest absolute Gasteiger partial charge is 0.321 e. The van der Waals surface area contributed by atoms with Gasteiger partial charge in [-0.05, 0) is 30.5 Å².